The molecular weight excluding hydrogens is 310 g/mol. The average molecular weight is 335 g/mol. The van der Waals surface area contributed by atoms with Crippen LogP contribution in [0, 0.1) is 5.92 Å². The summed E-state index contributed by atoms with van der Waals surface area (Å²) >= 11 is 0. The normalized spacial score (nSPS) is 20.0. The number of hydrogen-bond donors (Lipinski definition) is 1. The molecule has 130 valence electrons. The molecule has 0 bridgehead atoms. The Labute approximate surface area is 148 Å². The molecule has 3 heterocycles. The van der Waals surface area contributed by atoms with Crippen LogP contribution < -0.4 is 0 Å². The molecule has 5 nitrogen and oxygen atoms in total. The molecule has 25 heavy (non-hydrogen) atoms. The molecule has 1 aliphatic heterocycles. The Balaban J connectivity index is 1.53. The van der Waals surface area contributed by atoms with E-state index in [9.17, 15) is 0 Å². The highest BCUT2D eigenvalue weighted by Gasteiger charge is 2.22. The van der Waals surface area contributed by atoms with Crippen LogP contribution in [0.5, 0.6) is 0 Å². The number of nitrogens with one attached hydrogen (secondary N) is 1. The zero-order chi connectivity index (χ0) is 17.1. The first-order chi connectivity index (χ1) is 12.3. The molecule has 4 rings (SSSR count). The maximum absolute atomic E-state index is 4.46. The summed E-state index contributed by atoms with van der Waals surface area (Å²) in [5, 5.41) is 2.57. The van der Waals surface area contributed by atoms with E-state index in [1.165, 1.54) is 16.3 Å². The van der Waals surface area contributed by atoms with E-state index in [4.69, 9.17) is 0 Å². The van der Waals surface area contributed by atoms with Crippen molar-refractivity contribution in [2.45, 2.75) is 13.0 Å². The maximum atomic E-state index is 4.46. The smallest absolute Gasteiger partial charge is 0.120 e. The van der Waals surface area contributed by atoms with Gasteiger partial charge in [0.2, 0.25) is 0 Å². The van der Waals surface area contributed by atoms with Gasteiger partial charge in [-0.3, -0.25) is 9.88 Å². The van der Waals surface area contributed by atoms with E-state index in [1.54, 1.807) is 0 Å². The molecule has 0 spiro atoms. The number of aromatic nitrogens is 3. The van der Waals surface area contributed by atoms with Crippen molar-refractivity contribution in [1.82, 2.24) is 24.8 Å². The standard InChI is InChI=1S/C20H25N5/c1-24-8-9-25(15-20-22-6-7-23-20)14-16(13-24)10-18-12-21-11-17-4-2-3-5-19(17)18/h2-7,11-12,16H,8-10,13-15H2,1H3,(H,22,23)/t16-/m0/s1. The van der Waals surface area contributed by atoms with Gasteiger partial charge < -0.3 is 9.88 Å². The monoisotopic (exact) mass is 335 g/mol. The number of likely N-dealkylation sites (N-methyl/N-ethyl adjacent to an activating group) is 1. The highest BCUT2D eigenvalue weighted by molar-refractivity contribution is 5.84. The second-order valence-corrected chi connectivity index (χ2v) is 7.12. The minimum Gasteiger partial charge on any atom is -0.348 e. The average Bonchev–Trinajstić information content (AvgIpc) is 3.06. The summed E-state index contributed by atoms with van der Waals surface area (Å²) in [4.78, 5) is 17.0. The first-order valence-electron chi connectivity index (χ1n) is 8.99. The fourth-order valence-electron chi connectivity index (χ4n) is 3.88. The van der Waals surface area contributed by atoms with Gasteiger partial charge >= 0.3 is 0 Å². The summed E-state index contributed by atoms with van der Waals surface area (Å²) in [6, 6.07) is 8.56. The first-order valence-corrected chi connectivity index (χ1v) is 8.99. The molecule has 3 aromatic rings. The molecule has 1 fully saturated rings. The molecule has 2 aromatic heterocycles. The molecule has 0 amide bonds. The van der Waals surface area contributed by atoms with Crippen molar-refractivity contribution in [3.8, 4) is 0 Å². The van der Waals surface area contributed by atoms with Gasteiger partial charge in [0.25, 0.3) is 0 Å². The zero-order valence-electron chi connectivity index (χ0n) is 14.7. The summed E-state index contributed by atoms with van der Waals surface area (Å²) in [5.74, 6) is 1.64. The molecular formula is C20H25N5. The van der Waals surface area contributed by atoms with Crippen LogP contribution in [0.1, 0.15) is 11.4 Å². The molecule has 0 saturated carbocycles. The lowest BCUT2D eigenvalue weighted by atomic mass is 9.96. The Bertz CT molecular complexity index is 809. The number of rotatable bonds is 4. The number of aromatic amines is 1. The lowest BCUT2D eigenvalue weighted by Crippen LogP contribution is -2.31. The molecule has 1 saturated heterocycles. The largest absolute Gasteiger partial charge is 0.348 e. The quantitative estimate of drug-likeness (QED) is 0.796. The SMILES string of the molecule is CN1CCN(Cc2ncc[nH]2)C[C@@H](Cc2cncc3ccccc23)C1. The molecule has 1 atom stereocenters. The van der Waals surface area contributed by atoms with Crippen LogP contribution in [0.15, 0.2) is 49.1 Å². The molecule has 1 aromatic carbocycles. The summed E-state index contributed by atoms with van der Waals surface area (Å²) in [6.45, 7) is 5.30. The summed E-state index contributed by atoms with van der Waals surface area (Å²) in [7, 11) is 2.23. The minimum atomic E-state index is 0.593. The van der Waals surface area contributed by atoms with Crippen LogP contribution in [-0.4, -0.2) is 58.0 Å². The van der Waals surface area contributed by atoms with Crippen molar-refractivity contribution in [3.05, 3.63) is 60.4 Å². The van der Waals surface area contributed by atoms with E-state index in [0.717, 1.165) is 45.0 Å². The number of benzene rings is 1. The molecule has 0 aliphatic carbocycles. The van der Waals surface area contributed by atoms with Crippen LogP contribution >= 0.6 is 0 Å². The van der Waals surface area contributed by atoms with Gasteiger partial charge in [-0.15, -0.1) is 0 Å². The van der Waals surface area contributed by atoms with Crippen molar-refractivity contribution >= 4 is 10.8 Å². The van der Waals surface area contributed by atoms with Gasteiger partial charge in [-0.05, 0) is 30.3 Å². The van der Waals surface area contributed by atoms with Gasteiger partial charge in [0, 0.05) is 56.4 Å². The van der Waals surface area contributed by atoms with Crippen molar-refractivity contribution in [2.75, 3.05) is 33.2 Å². The van der Waals surface area contributed by atoms with Crippen molar-refractivity contribution in [2.24, 2.45) is 5.92 Å². The number of nitrogens with zero attached hydrogens (tertiary/aromatic N) is 4. The molecule has 1 aliphatic rings. The summed E-state index contributed by atoms with van der Waals surface area (Å²) in [6.07, 6.45) is 8.80. The van der Waals surface area contributed by atoms with Crippen LogP contribution in [0.4, 0.5) is 0 Å². The fraction of sp³-hybridized carbons (Fsp3) is 0.400. The van der Waals surface area contributed by atoms with Gasteiger partial charge in [0.15, 0.2) is 0 Å². The second kappa shape index (κ2) is 7.33. The predicted octanol–water partition coefficient (Wildman–Crippen LogP) is 2.56. The van der Waals surface area contributed by atoms with E-state index >= 15 is 0 Å². The van der Waals surface area contributed by atoms with Crippen molar-refractivity contribution in [1.29, 1.82) is 0 Å². The number of imidazole rings is 1. The Morgan fingerprint density at radius 2 is 2.08 bits per heavy atom. The van der Waals surface area contributed by atoms with Gasteiger partial charge in [-0.1, -0.05) is 24.3 Å². The second-order valence-electron chi connectivity index (χ2n) is 7.12. The number of pyridine rings is 1. The number of fused-ring (bicyclic) bond motifs is 1. The van der Waals surface area contributed by atoms with Crippen LogP contribution in [0.25, 0.3) is 10.8 Å². The van der Waals surface area contributed by atoms with Crippen LogP contribution in [-0.2, 0) is 13.0 Å². The zero-order valence-corrected chi connectivity index (χ0v) is 14.7. The minimum absolute atomic E-state index is 0.593. The Hall–Kier alpha value is -2.24. The van der Waals surface area contributed by atoms with E-state index in [1.807, 2.05) is 24.8 Å². The van der Waals surface area contributed by atoms with Crippen LogP contribution in [0.2, 0.25) is 0 Å². The Morgan fingerprint density at radius 1 is 1.16 bits per heavy atom. The van der Waals surface area contributed by atoms with E-state index in [2.05, 4.69) is 56.1 Å². The third-order valence-electron chi connectivity index (χ3n) is 5.07. The highest BCUT2D eigenvalue weighted by Crippen LogP contribution is 2.22. The van der Waals surface area contributed by atoms with Crippen molar-refractivity contribution < 1.29 is 0 Å². The summed E-state index contributed by atoms with van der Waals surface area (Å²) in [5.41, 5.74) is 1.36. The van der Waals surface area contributed by atoms with Gasteiger partial charge in [0.05, 0.1) is 6.54 Å². The molecule has 5 heteroatoms. The van der Waals surface area contributed by atoms with E-state index < -0.39 is 0 Å². The lowest BCUT2D eigenvalue weighted by Gasteiger charge is -2.23. The highest BCUT2D eigenvalue weighted by atomic mass is 15.2. The maximum Gasteiger partial charge on any atom is 0.120 e. The lowest BCUT2D eigenvalue weighted by molar-refractivity contribution is 0.244. The molecule has 0 unspecified atom stereocenters. The molecule has 1 N–H and O–H groups in total. The van der Waals surface area contributed by atoms with Crippen LogP contribution in [0.3, 0.4) is 0 Å². The molecule has 0 radical (unpaired) electrons. The topological polar surface area (TPSA) is 48.0 Å². The van der Waals surface area contributed by atoms with E-state index in [-0.39, 0.29) is 0 Å². The van der Waals surface area contributed by atoms with Gasteiger partial charge in [0.1, 0.15) is 5.82 Å². The van der Waals surface area contributed by atoms with Crippen molar-refractivity contribution in [3.63, 3.8) is 0 Å². The third kappa shape index (κ3) is 3.89. The first kappa shape index (κ1) is 16.2. The number of hydrogen-bond acceptors (Lipinski definition) is 4. The number of H-pyrrole nitrogens is 1. The van der Waals surface area contributed by atoms with Gasteiger partial charge in [-0.2, -0.15) is 0 Å². The summed E-state index contributed by atoms with van der Waals surface area (Å²) < 4.78 is 0. The van der Waals surface area contributed by atoms with E-state index in [0.29, 0.717) is 5.92 Å². The Morgan fingerprint density at radius 3 is 2.96 bits per heavy atom. The Kier molecular flexibility index (Phi) is 4.76. The van der Waals surface area contributed by atoms with Gasteiger partial charge in [-0.25, -0.2) is 4.98 Å². The third-order valence-corrected chi connectivity index (χ3v) is 5.07. The predicted molar refractivity (Wildman–Crippen MR) is 100 cm³/mol. The fourth-order valence-corrected chi connectivity index (χ4v) is 3.88.